The van der Waals surface area contributed by atoms with Crippen LogP contribution in [0.3, 0.4) is 0 Å². The van der Waals surface area contributed by atoms with Crippen molar-refractivity contribution in [2.45, 2.75) is 32.2 Å². The fourth-order valence-electron chi connectivity index (χ4n) is 2.70. The highest BCUT2D eigenvalue weighted by atomic mass is 16.2. The number of nitrogens with zero attached hydrogens (tertiary/aromatic N) is 1. The second-order valence-electron chi connectivity index (χ2n) is 5.40. The number of carbonyl (C=O) groups excluding carboxylic acids is 1. The summed E-state index contributed by atoms with van der Waals surface area (Å²) in [6.45, 7) is 1.87. The van der Waals surface area contributed by atoms with E-state index in [-0.39, 0.29) is 17.5 Å². The van der Waals surface area contributed by atoms with Crippen molar-refractivity contribution in [1.82, 2.24) is 15.3 Å². The minimum Gasteiger partial charge on any atom is -0.348 e. The highest BCUT2D eigenvalue weighted by Gasteiger charge is 2.21. The number of aromatic nitrogens is 2. The summed E-state index contributed by atoms with van der Waals surface area (Å²) in [4.78, 5) is 30.6. The van der Waals surface area contributed by atoms with Crippen molar-refractivity contribution >= 4 is 5.91 Å². The van der Waals surface area contributed by atoms with Crippen molar-refractivity contribution < 1.29 is 4.79 Å². The molecule has 0 bridgehead atoms. The molecular weight excluding hydrogens is 266 g/mol. The minimum absolute atomic E-state index is 0.0693. The first-order valence-corrected chi connectivity index (χ1v) is 7.07. The number of amides is 1. The number of rotatable bonds is 2. The first-order valence-electron chi connectivity index (χ1n) is 7.07. The van der Waals surface area contributed by atoms with Crippen molar-refractivity contribution in [2.75, 3.05) is 0 Å². The number of fused-ring (bicyclic) bond motifs is 1. The van der Waals surface area contributed by atoms with Crippen molar-refractivity contribution in [1.29, 1.82) is 0 Å². The van der Waals surface area contributed by atoms with Crippen LogP contribution in [0.1, 0.15) is 33.9 Å². The van der Waals surface area contributed by atoms with Gasteiger partial charge in [-0.25, -0.2) is 4.98 Å². The van der Waals surface area contributed by atoms with E-state index in [4.69, 9.17) is 0 Å². The average molecular weight is 283 g/mol. The van der Waals surface area contributed by atoms with Crippen LogP contribution in [0.15, 0.2) is 35.1 Å². The zero-order chi connectivity index (χ0) is 14.8. The molecule has 0 saturated carbocycles. The summed E-state index contributed by atoms with van der Waals surface area (Å²) in [5.41, 5.74) is 3.29. The molecule has 1 aliphatic rings. The number of carbonyl (C=O) groups is 1. The molecule has 108 valence electrons. The van der Waals surface area contributed by atoms with E-state index < -0.39 is 0 Å². The van der Waals surface area contributed by atoms with Crippen LogP contribution in [-0.4, -0.2) is 21.9 Å². The normalized spacial score (nSPS) is 17.1. The van der Waals surface area contributed by atoms with Crippen molar-refractivity contribution in [3.63, 3.8) is 0 Å². The van der Waals surface area contributed by atoms with Crippen LogP contribution in [-0.2, 0) is 12.8 Å². The van der Waals surface area contributed by atoms with Crippen molar-refractivity contribution in [2.24, 2.45) is 0 Å². The molecule has 1 aliphatic carbocycles. The monoisotopic (exact) mass is 283 g/mol. The topological polar surface area (TPSA) is 74.8 Å². The number of pyridine rings is 2. The predicted octanol–water partition coefficient (Wildman–Crippen LogP) is 1.37. The van der Waals surface area contributed by atoms with Crippen LogP contribution in [0.5, 0.6) is 0 Å². The number of hydrogen-bond acceptors (Lipinski definition) is 3. The van der Waals surface area contributed by atoms with E-state index in [0.29, 0.717) is 5.69 Å². The van der Waals surface area contributed by atoms with Gasteiger partial charge in [-0.15, -0.1) is 0 Å². The molecule has 0 fully saturated rings. The van der Waals surface area contributed by atoms with E-state index in [9.17, 15) is 9.59 Å². The van der Waals surface area contributed by atoms with Gasteiger partial charge in [0.05, 0.1) is 0 Å². The van der Waals surface area contributed by atoms with Crippen LogP contribution in [0.25, 0.3) is 0 Å². The highest BCUT2D eigenvalue weighted by Crippen LogP contribution is 2.18. The number of aryl methyl sites for hydroxylation is 2. The van der Waals surface area contributed by atoms with E-state index in [2.05, 4.69) is 15.3 Å². The lowest BCUT2D eigenvalue weighted by atomic mass is 9.92. The summed E-state index contributed by atoms with van der Waals surface area (Å²) in [5.74, 6) is -0.142. The molecule has 5 nitrogen and oxygen atoms in total. The molecule has 0 aliphatic heterocycles. The number of aromatic amines is 1. The Labute approximate surface area is 122 Å². The largest absolute Gasteiger partial charge is 0.348 e. The molecular formula is C16H17N3O2. The van der Waals surface area contributed by atoms with E-state index in [1.54, 1.807) is 6.07 Å². The second-order valence-corrected chi connectivity index (χ2v) is 5.40. The average Bonchev–Trinajstić information content (AvgIpc) is 2.47. The van der Waals surface area contributed by atoms with Gasteiger partial charge in [0.1, 0.15) is 5.69 Å². The second kappa shape index (κ2) is 5.52. The maximum atomic E-state index is 12.2. The molecule has 2 heterocycles. The lowest BCUT2D eigenvalue weighted by Gasteiger charge is -2.24. The van der Waals surface area contributed by atoms with Gasteiger partial charge in [-0.3, -0.25) is 9.59 Å². The molecule has 1 amide bonds. The summed E-state index contributed by atoms with van der Waals surface area (Å²) in [6.07, 6.45) is 2.34. The van der Waals surface area contributed by atoms with Gasteiger partial charge < -0.3 is 10.3 Å². The predicted molar refractivity (Wildman–Crippen MR) is 79.3 cm³/mol. The van der Waals surface area contributed by atoms with E-state index in [0.717, 1.165) is 36.2 Å². The summed E-state index contributed by atoms with van der Waals surface area (Å²) in [5, 5.41) is 3.02. The van der Waals surface area contributed by atoms with Gasteiger partial charge in [0, 0.05) is 23.5 Å². The molecule has 2 N–H and O–H groups in total. The Morgan fingerprint density at radius 1 is 1.33 bits per heavy atom. The molecule has 0 radical (unpaired) electrons. The third-order valence-electron chi connectivity index (χ3n) is 3.76. The third kappa shape index (κ3) is 3.02. The van der Waals surface area contributed by atoms with Crippen LogP contribution in [0.4, 0.5) is 0 Å². The van der Waals surface area contributed by atoms with E-state index in [1.807, 2.05) is 25.1 Å². The fraction of sp³-hybridized carbons (Fsp3) is 0.312. The molecule has 21 heavy (non-hydrogen) atoms. The molecule has 0 aromatic carbocycles. The van der Waals surface area contributed by atoms with E-state index >= 15 is 0 Å². The molecule has 1 atom stereocenters. The Kier molecular flexibility index (Phi) is 3.56. The Hall–Kier alpha value is -2.43. The molecule has 2 aromatic heterocycles. The molecule has 0 spiro atoms. The Balaban J connectivity index is 1.71. The number of nitrogens with one attached hydrogen (secondary N) is 2. The maximum Gasteiger partial charge on any atom is 0.270 e. The number of hydrogen-bond donors (Lipinski definition) is 2. The minimum atomic E-state index is -0.142. The highest BCUT2D eigenvalue weighted by molar-refractivity contribution is 5.92. The Bertz CT molecular complexity index is 736. The smallest absolute Gasteiger partial charge is 0.270 e. The number of H-pyrrole nitrogens is 1. The van der Waals surface area contributed by atoms with Gasteiger partial charge in [0.25, 0.3) is 5.91 Å². The van der Waals surface area contributed by atoms with E-state index in [1.165, 1.54) is 6.07 Å². The van der Waals surface area contributed by atoms with Crippen LogP contribution < -0.4 is 10.9 Å². The molecule has 2 aromatic rings. The van der Waals surface area contributed by atoms with Gasteiger partial charge in [-0.1, -0.05) is 12.1 Å². The lowest BCUT2D eigenvalue weighted by molar-refractivity contribution is 0.0928. The summed E-state index contributed by atoms with van der Waals surface area (Å²) in [7, 11) is 0. The van der Waals surface area contributed by atoms with Crippen LogP contribution in [0, 0.1) is 6.92 Å². The lowest BCUT2D eigenvalue weighted by Crippen LogP contribution is -2.39. The molecule has 0 saturated heterocycles. The maximum absolute atomic E-state index is 12.2. The quantitative estimate of drug-likeness (QED) is 0.874. The summed E-state index contributed by atoms with van der Waals surface area (Å²) in [6, 6.07) is 8.87. The van der Waals surface area contributed by atoms with Gasteiger partial charge >= 0.3 is 0 Å². The van der Waals surface area contributed by atoms with Gasteiger partial charge in [-0.2, -0.15) is 0 Å². The summed E-state index contributed by atoms with van der Waals surface area (Å²) < 4.78 is 0. The third-order valence-corrected chi connectivity index (χ3v) is 3.76. The molecule has 1 unspecified atom stereocenters. The Morgan fingerprint density at radius 2 is 2.19 bits per heavy atom. The first-order chi connectivity index (χ1) is 10.1. The fourth-order valence-corrected chi connectivity index (χ4v) is 2.70. The van der Waals surface area contributed by atoms with Gasteiger partial charge in [0.15, 0.2) is 0 Å². The van der Waals surface area contributed by atoms with Gasteiger partial charge in [0.2, 0.25) is 5.56 Å². The first kappa shape index (κ1) is 13.5. The molecule has 3 rings (SSSR count). The zero-order valence-corrected chi connectivity index (χ0v) is 11.8. The molecule has 5 heteroatoms. The van der Waals surface area contributed by atoms with Crippen molar-refractivity contribution in [3.8, 4) is 0 Å². The van der Waals surface area contributed by atoms with Crippen molar-refractivity contribution in [3.05, 3.63) is 63.3 Å². The van der Waals surface area contributed by atoms with Crippen LogP contribution in [0.2, 0.25) is 0 Å². The standard InChI is InChI=1S/C16H17N3O2/c1-10-3-2-4-14(17-10)16(21)18-12-6-7-13-11(9-12)5-8-15(20)19-13/h2-5,8,12H,6-7,9H2,1H3,(H,18,21)(H,19,20). The summed E-state index contributed by atoms with van der Waals surface area (Å²) >= 11 is 0. The van der Waals surface area contributed by atoms with Gasteiger partial charge in [-0.05, 0) is 43.9 Å². The van der Waals surface area contributed by atoms with Crippen LogP contribution >= 0.6 is 0 Å². The SMILES string of the molecule is Cc1cccc(C(=O)NC2CCc3[nH]c(=O)ccc3C2)n1. The Morgan fingerprint density at radius 3 is 3.00 bits per heavy atom. The zero-order valence-electron chi connectivity index (χ0n) is 11.8.